The molecule has 0 aliphatic carbocycles. The Labute approximate surface area is 169 Å². The normalized spacial score (nSPS) is 18.7. The molecular formula is C22H25BrN4. The third kappa shape index (κ3) is 4.00. The van der Waals surface area contributed by atoms with Crippen LogP contribution in [0.2, 0.25) is 0 Å². The Hall–Kier alpha value is -1.95. The molecule has 4 nitrogen and oxygen atoms in total. The summed E-state index contributed by atoms with van der Waals surface area (Å²) in [5.41, 5.74) is 3.84. The molecule has 5 heteroatoms. The first-order valence-electron chi connectivity index (χ1n) is 9.35. The summed E-state index contributed by atoms with van der Waals surface area (Å²) < 4.78 is 3.27. The maximum absolute atomic E-state index is 4.57. The quantitative estimate of drug-likeness (QED) is 0.622. The number of rotatable bonds is 4. The molecule has 0 amide bonds. The van der Waals surface area contributed by atoms with Crippen LogP contribution in [0, 0.1) is 0 Å². The van der Waals surface area contributed by atoms with Crippen molar-refractivity contribution in [2.24, 2.45) is 7.05 Å². The molecule has 1 atom stereocenters. The first-order chi connectivity index (χ1) is 13.1. The van der Waals surface area contributed by atoms with Crippen molar-refractivity contribution in [1.82, 2.24) is 19.4 Å². The van der Waals surface area contributed by atoms with Gasteiger partial charge < -0.3 is 4.57 Å². The highest BCUT2D eigenvalue weighted by molar-refractivity contribution is 9.10. The molecule has 0 saturated carbocycles. The van der Waals surface area contributed by atoms with Gasteiger partial charge in [-0.2, -0.15) is 0 Å². The molecule has 2 aromatic carbocycles. The number of aromatic nitrogens is 2. The number of aryl methyl sites for hydroxylation is 1. The minimum absolute atomic E-state index is 0.346. The van der Waals surface area contributed by atoms with E-state index in [1.54, 1.807) is 0 Å². The van der Waals surface area contributed by atoms with E-state index in [2.05, 4.69) is 91.8 Å². The van der Waals surface area contributed by atoms with Crippen LogP contribution in [0.4, 0.5) is 0 Å². The zero-order valence-electron chi connectivity index (χ0n) is 15.8. The second-order valence-corrected chi connectivity index (χ2v) is 8.16. The molecule has 0 N–H and O–H groups in total. The highest BCUT2D eigenvalue weighted by Crippen LogP contribution is 2.29. The van der Waals surface area contributed by atoms with Crippen molar-refractivity contribution in [3.8, 4) is 11.1 Å². The predicted molar refractivity (Wildman–Crippen MR) is 113 cm³/mol. The summed E-state index contributed by atoms with van der Waals surface area (Å²) in [6.07, 6.45) is 3.92. The fourth-order valence-electron chi connectivity index (χ4n) is 3.79. The van der Waals surface area contributed by atoms with Crippen LogP contribution in [0.15, 0.2) is 65.4 Å². The fraction of sp³-hybridized carbons (Fsp3) is 0.318. The maximum Gasteiger partial charge on any atom is 0.127 e. The number of hydrogen-bond donors (Lipinski definition) is 0. The van der Waals surface area contributed by atoms with Crippen molar-refractivity contribution in [2.45, 2.75) is 12.6 Å². The predicted octanol–water partition coefficient (Wildman–Crippen LogP) is 4.34. The molecule has 27 heavy (non-hydrogen) atoms. The Morgan fingerprint density at radius 1 is 1.04 bits per heavy atom. The van der Waals surface area contributed by atoms with Gasteiger partial charge in [0.05, 0.1) is 6.04 Å². The fourth-order valence-corrected chi connectivity index (χ4v) is 4.31. The molecule has 4 rings (SSSR count). The lowest BCUT2D eigenvalue weighted by Gasteiger charge is -2.39. The van der Waals surface area contributed by atoms with Gasteiger partial charge in [0, 0.05) is 50.1 Å². The van der Waals surface area contributed by atoms with E-state index in [1.807, 2.05) is 18.5 Å². The molecule has 0 spiro atoms. The van der Waals surface area contributed by atoms with Gasteiger partial charge in [-0.3, -0.25) is 9.80 Å². The summed E-state index contributed by atoms with van der Waals surface area (Å²) in [4.78, 5) is 9.52. The van der Waals surface area contributed by atoms with Crippen LogP contribution in [-0.2, 0) is 13.6 Å². The summed E-state index contributed by atoms with van der Waals surface area (Å²) in [6, 6.07) is 17.7. The number of halogens is 1. The van der Waals surface area contributed by atoms with Gasteiger partial charge in [0.2, 0.25) is 0 Å². The van der Waals surface area contributed by atoms with Crippen molar-refractivity contribution in [1.29, 1.82) is 0 Å². The van der Waals surface area contributed by atoms with Gasteiger partial charge in [-0.25, -0.2) is 4.98 Å². The van der Waals surface area contributed by atoms with Crippen molar-refractivity contribution in [3.05, 3.63) is 76.8 Å². The first-order valence-corrected chi connectivity index (χ1v) is 10.1. The lowest BCUT2D eigenvalue weighted by molar-refractivity contribution is 0.0844. The van der Waals surface area contributed by atoms with Gasteiger partial charge >= 0.3 is 0 Å². The van der Waals surface area contributed by atoms with Crippen LogP contribution in [0.5, 0.6) is 0 Å². The molecule has 1 fully saturated rings. The van der Waals surface area contributed by atoms with Gasteiger partial charge in [0.15, 0.2) is 0 Å². The van der Waals surface area contributed by atoms with E-state index in [0.29, 0.717) is 6.04 Å². The van der Waals surface area contributed by atoms with Crippen LogP contribution < -0.4 is 0 Å². The highest BCUT2D eigenvalue weighted by atomic mass is 79.9. The van der Waals surface area contributed by atoms with Crippen molar-refractivity contribution in [3.63, 3.8) is 0 Å². The highest BCUT2D eigenvalue weighted by Gasteiger charge is 2.28. The lowest BCUT2D eigenvalue weighted by atomic mass is 10.0. The van der Waals surface area contributed by atoms with Crippen molar-refractivity contribution in [2.75, 3.05) is 26.7 Å². The van der Waals surface area contributed by atoms with Crippen LogP contribution in [-0.4, -0.2) is 46.0 Å². The zero-order valence-corrected chi connectivity index (χ0v) is 17.4. The standard InChI is InChI=1S/C22H25BrN4/c1-25-13-14-27(16-21(25)22-24-11-12-26(22)2)15-17-7-9-18(10-8-17)19-5-3-4-6-20(19)23/h3-12,21H,13-16H2,1-2H3. The number of nitrogens with zero attached hydrogens (tertiary/aromatic N) is 4. The lowest BCUT2D eigenvalue weighted by Crippen LogP contribution is -2.46. The molecule has 1 unspecified atom stereocenters. The monoisotopic (exact) mass is 424 g/mol. The summed E-state index contributed by atoms with van der Waals surface area (Å²) in [7, 11) is 4.28. The molecule has 1 aliphatic rings. The average Bonchev–Trinajstić information content (AvgIpc) is 3.10. The molecule has 3 aromatic rings. The van der Waals surface area contributed by atoms with Gasteiger partial charge in [-0.1, -0.05) is 58.4 Å². The van der Waals surface area contributed by atoms with Gasteiger partial charge in [-0.05, 0) is 29.8 Å². The Morgan fingerprint density at radius 3 is 2.52 bits per heavy atom. The zero-order chi connectivity index (χ0) is 18.8. The second-order valence-electron chi connectivity index (χ2n) is 7.30. The van der Waals surface area contributed by atoms with Crippen LogP contribution in [0.1, 0.15) is 17.4 Å². The Kier molecular flexibility index (Phi) is 5.43. The molecule has 1 aliphatic heterocycles. The maximum atomic E-state index is 4.57. The number of imidazole rings is 1. The Morgan fingerprint density at radius 2 is 1.81 bits per heavy atom. The van der Waals surface area contributed by atoms with E-state index in [0.717, 1.165) is 36.5 Å². The molecule has 1 saturated heterocycles. The molecular weight excluding hydrogens is 400 g/mol. The smallest absolute Gasteiger partial charge is 0.127 e. The topological polar surface area (TPSA) is 24.3 Å². The minimum atomic E-state index is 0.346. The summed E-state index contributed by atoms with van der Waals surface area (Å²) in [6.45, 7) is 4.13. The first kappa shape index (κ1) is 18.4. The number of hydrogen-bond acceptors (Lipinski definition) is 3. The largest absolute Gasteiger partial charge is 0.337 e. The van der Waals surface area contributed by atoms with E-state index >= 15 is 0 Å². The molecule has 2 heterocycles. The van der Waals surface area contributed by atoms with Crippen LogP contribution in [0.25, 0.3) is 11.1 Å². The van der Waals surface area contributed by atoms with E-state index in [9.17, 15) is 0 Å². The Bertz CT molecular complexity index is 903. The van der Waals surface area contributed by atoms with Crippen molar-refractivity contribution >= 4 is 15.9 Å². The molecule has 0 bridgehead atoms. The van der Waals surface area contributed by atoms with Gasteiger partial charge in [-0.15, -0.1) is 0 Å². The van der Waals surface area contributed by atoms with Gasteiger partial charge in [0.25, 0.3) is 0 Å². The second kappa shape index (κ2) is 7.97. The van der Waals surface area contributed by atoms with E-state index < -0.39 is 0 Å². The third-order valence-corrected chi connectivity index (χ3v) is 6.13. The van der Waals surface area contributed by atoms with E-state index in [-0.39, 0.29) is 0 Å². The summed E-state index contributed by atoms with van der Waals surface area (Å²) >= 11 is 3.65. The third-order valence-electron chi connectivity index (χ3n) is 5.43. The van der Waals surface area contributed by atoms with E-state index in [4.69, 9.17) is 0 Å². The number of piperazine rings is 1. The van der Waals surface area contributed by atoms with E-state index in [1.165, 1.54) is 16.7 Å². The molecule has 140 valence electrons. The number of likely N-dealkylation sites (N-methyl/N-ethyl adjacent to an activating group) is 1. The Balaban J connectivity index is 1.46. The number of benzene rings is 2. The van der Waals surface area contributed by atoms with Crippen LogP contribution in [0.3, 0.4) is 0 Å². The minimum Gasteiger partial charge on any atom is -0.337 e. The molecule has 0 radical (unpaired) electrons. The average molecular weight is 425 g/mol. The van der Waals surface area contributed by atoms with Gasteiger partial charge in [0.1, 0.15) is 5.82 Å². The summed E-state index contributed by atoms with van der Waals surface area (Å²) in [5.74, 6) is 1.14. The summed E-state index contributed by atoms with van der Waals surface area (Å²) in [5, 5.41) is 0. The van der Waals surface area contributed by atoms with Crippen LogP contribution >= 0.6 is 15.9 Å². The van der Waals surface area contributed by atoms with Crippen molar-refractivity contribution < 1.29 is 0 Å². The SMILES string of the molecule is CN1CCN(Cc2ccc(-c3ccccc3Br)cc2)CC1c1nccn1C. The molecule has 1 aromatic heterocycles.